The van der Waals surface area contributed by atoms with Crippen molar-refractivity contribution in [3.8, 4) is 0 Å². The van der Waals surface area contributed by atoms with Gasteiger partial charge in [-0.25, -0.2) is 0 Å². The molecule has 3 aromatic carbocycles. The van der Waals surface area contributed by atoms with E-state index in [9.17, 15) is 0 Å². The van der Waals surface area contributed by atoms with Crippen LogP contribution < -0.4 is 15.5 Å². The van der Waals surface area contributed by atoms with Crippen molar-refractivity contribution in [2.24, 2.45) is 0 Å². The van der Waals surface area contributed by atoms with E-state index in [1.807, 2.05) is 0 Å². The van der Waals surface area contributed by atoms with Crippen LogP contribution in [-0.4, -0.2) is 6.04 Å². The summed E-state index contributed by atoms with van der Waals surface area (Å²) < 4.78 is 0. The fraction of sp³-hybridized carbons (Fsp3) is 0.333. The Hall–Kier alpha value is -2.78. The van der Waals surface area contributed by atoms with Gasteiger partial charge in [0.1, 0.15) is 0 Å². The second kappa shape index (κ2) is 7.17. The number of hydrogen-bond donors (Lipinski definition) is 2. The molecule has 3 aromatic rings. The molecular formula is C27H29N3. The smallest absolute Gasteiger partial charge is 0.0517 e. The summed E-state index contributed by atoms with van der Waals surface area (Å²) in [5.41, 5.74) is 11.4. The van der Waals surface area contributed by atoms with E-state index in [2.05, 4.69) is 83.1 Å². The van der Waals surface area contributed by atoms with Crippen LogP contribution in [0.5, 0.6) is 0 Å². The number of hydrogen-bond acceptors (Lipinski definition) is 3. The van der Waals surface area contributed by atoms with Gasteiger partial charge in [-0.2, -0.15) is 0 Å². The Morgan fingerprint density at radius 3 is 2.67 bits per heavy atom. The lowest BCUT2D eigenvalue weighted by atomic mass is 9.92. The molecular weight excluding hydrogens is 366 g/mol. The third kappa shape index (κ3) is 3.18. The lowest BCUT2D eigenvalue weighted by molar-refractivity contribution is 0.513. The van der Waals surface area contributed by atoms with Gasteiger partial charge in [0.15, 0.2) is 0 Å². The molecule has 30 heavy (non-hydrogen) atoms. The molecule has 0 saturated heterocycles. The minimum atomic E-state index is 0.413. The van der Waals surface area contributed by atoms with Crippen molar-refractivity contribution in [1.29, 1.82) is 0 Å². The maximum Gasteiger partial charge on any atom is 0.0517 e. The monoisotopic (exact) mass is 395 g/mol. The molecule has 6 rings (SSSR count). The van der Waals surface area contributed by atoms with Crippen LogP contribution in [-0.2, 0) is 32.5 Å². The van der Waals surface area contributed by atoms with Gasteiger partial charge in [0.05, 0.1) is 6.04 Å². The van der Waals surface area contributed by atoms with Crippen LogP contribution in [0.3, 0.4) is 0 Å². The highest BCUT2D eigenvalue weighted by Gasteiger charge is 2.24. The number of nitrogens with one attached hydrogen (secondary N) is 2. The molecule has 0 saturated carbocycles. The van der Waals surface area contributed by atoms with Gasteiger partial charge in [0.2, 0.25) is 0 Å². The molecule has 0 amide bonds. The van der Waals surface area contributed by atoms with Gasteiger partial charge in [-0.3, -0.25) is 0 Å². The van der Waals surface area contributed by atoms with E-state index in [4.69, 9.17) is 0 Å². The Morgan fingerprint density at radius 2 is 1.70 bits per heavy atom. The summed E-state index contributed by atoms with van der Waals surface area (Å²) in [6.45, 7) is 5.28. The summed E-state index contributed by atoms with van der Waals surface area (Å²) in [6, 6.07) is 23.9. The quantitative estimate of drug-likeness (QED) is 0.613. The molecule has 0 radical (unpaired) electrons. The average Bonchev–Trinajstić information content (AvgIpc) is 3.22. The molecule has 152 valence electrons. The Balaban J connectivity index is 1.22. The van der Waals surface area contributed by atoms with E-state index in [0.717, 1.165) is 38.9 Å². The zero-order chi connectivity index (χ0) is 20.1. The Kier molecular flexibility index (Phi) is 4.31. The van der Waals surface area contributed by atoms with Gasteiger partial charge in [0.25, 0.3) is 0 Å². The van der Waals surface area contributed by atoms with Crippen molar-refractivity contribution >= 4 is 11.4 Å². The van der Waals surface area contributed by atoms with Crippen molar-refractivity contribution in [2.45, 2.75) is 57.9 Å². The number of fused-ring (bicyclic) bond motifs is 3. The highest BCUT2D eigenvalue weighted by molar-refractivity contribution is 5.58. The highest BCUT2D eigenvalue weighted by atomic mass is 15.1. The van der Waals surface area contributed by atoms with E-state index < -0.39 is 0 Å². The fourth-order valence-corrected chi connectivity index (χ4v) is 5.36. The summed E-state index contributed by atoms with van der Waals surface area (Å²) >= 11 is 0. The fourth-order valence-electron chi connectivity index (χ4n) is 5.36. The molecule has 0 bridgehead atoms. The largest absolute Gasteiger partial charge is 0.378 e. The topological polar surface area (TPSA) is 27.3 Å². The summed E-state index contributed by atoms with van der Waals surface area (Å²) in [6.07, 6.45) is 3.45. The van der Waals surface area contributed by atoms with Crippen molar-refractivity contribution in [1.82, 2.24) is 5.32 Å². The summed E-state index contributed by atoms with van der Waals surface area (Å²) in [5, 5.41) is 7.36. The summed E-state index contributed by atoms with van der Waals surface area (Å²) in [4.78, 5) is 2.52. The second-order valence-corrected chi connectivity index (χ2v) is 9.22. The van der Waals surface area contributed by atoms with Crippen LogP contribution in [0.1, 0.15) is 52.8 Å². The van der Waals surface area contributed by atoms with Crippen molar-refractivity contribution in [3.05, 3.63) is 94.0 Å². The zero-order valence-electron chi connectivity index (χ0n) is 17.6. The van der Waals surface area contributed by atoms with Gasteiger partial charge in [0, 0.05) is 37.1 Å². The molecule has 0 aliphatic carbocycles. The lowest BCUT2D eigenvalue weighted by Crippen LogP contribution is -2.33. The van der Waals surface area contributed by atoms with Crippen molar-refractivity contribution < 1.29 is 0 Å². The number of anilines is 2. The maximum absolute atomic E-state index is 3.76. The average molecular weight is 396 g/mol. The minimum absolute atomic E-state index is 0.413. The standard InChI is InChI=1S/C27H29N3/c1-18-12-20-8-10-25(14-23(20)15-28-18)30-16-22-7-6-21(13-24(22)17-30)27-11-9-19-4-2-3-5-26(19)29-27/h2-8,10,13-14,18,27-29H,9,11-12,15-17H2,1H3. The lowest BCUT2D eigenvalue weighted by Gasteiger charge is -2.27. The van der Waals surface area contributed by atoms with E-state index in [0.29, 0.717) is 12.1 Å². The predicted molar refractivity (Wildman–Crippen MR) is 124 cm³/mol. The van der Waals surface area contributed by atoms with Gasteiger partial charge < -0.3 is 15.5 Å². The van der Waals surface area contributed by atoms with Crippen molar-refractivity contribution in [3.63, 3.8) is 0 Å². The second-order valence-electron chi connectivity index (χ2n) is 9.22. The number of rotatable bonds is 2. The number of benzene rings is 3. The third-order valence-electron chi connectivity index (χ3n) is 7.13. The van der Waals surface area contributed by atoms with Crippen LogP contribution in [0.15, 0.2) is 60.7 Å². The molecule has 2 N–H and O–H groups in total. The number of aryl methyl sites for hydroxylation is 1. The molecule has 3 aliphatic heterocycles. The highest BCUT2D eigenvalue weighted by Crippen LogP contribution is 2.36. The molecule has 3 heterocycles. The molecule has 2 atom stereocenters. The van der Waals surface area contributed by atoms with Gasteiger partial charge >= 0.3 is 0 Å². The van der Waals surface area contributed by atoms with E-state index in [1.54, 1.807) is 0 Å². The Labute approximate surface area is 179 Å². The number of para-hydroxylation sites is 1. The first kappa shape index (κ1) is 18.0. The van der Waals surface area contributed by atoms with E-state index in [-0.39, 0.29) is 0 Å². The van der Waals surface area contributed by atoms with Crippen LogP contribution in [0.2, 0.25) is 0 Å². The van der Waals surface area contributed by atoms with Crippen LogP contribution in [0.25, 0.3) is 0 Å². The SMILES string of the molecule is CC1Cc2ccc(N3Cc4ccc(C5CCc6ccccc6N5)cc4C3)cc2CN1. The first-order chi connectivity index (χ1) is 14.7. The first-order valence-corrected chi connectivity index (χ1v) is 11.3. The predicted octanol–water partition coefficient (Wildman–Crippen LogP) is 5.34. The molecule has 0 aromatic heterocycles. The molecule has 3 nitrogen and oxygen atoms in total. The molecule has 2 unspecified atom stereocenters. The Bertz CT molecular complexity index is 1100. The zero-order valence-corrected chi connectivity index (χ0v) is 17.6. The molecule has 3 heteroatoms. The Morgan fingerprint density at radius 1 is 0.833 bits per heavy atom. The van der Waals surface area contributed by atoms with Gasteiger partial charge in [-0.1, -0.05) is 42.5 Å². The molecule has 0 fully saturated rings. The van der Waals surface area contributed by atoms with Crippen LogP contribution in [0, 0.1) is 0 Å². The van der Waals surface area contributed by atoms with E-state index in [1.165, 1.54) is 44.8 Å². The summed E-state index contributed by atoms with van der Waals surface area (Å²) in [7, 11) is 0. The van der Waals surface area contributed by atoms with E-state index >= 15 is 0 Å². The molecule has 3 aliphatic rings. The minimum Gasteiger partial charge on any atom is -0.378 e. The van der Waals surface area contributed by atoms with Crippen LogP contribution in [0.4, 0.5) is 11.4 Å². The van der Waals surface area contributed by atoms with Gasteiger partial charge in [-0.15, -0.1) is 0 Å². The first-order valence-electron chi connectivity index (χ1n) is 11.3. The van der Waals surface area contributed by atoms with Crippen molar-refractivity contribution in [2.75, 3.05) is 10.2 Å². The number of nitrogens with zero attached hydrogens (tertiary/aromatic N) is 1. The maximum atomic E-state index is 3.76. The molecule has 0 spiro atoms. The third-order valence-corrected chi connectivity index (χ3v) is 7.13. The van der Waals surface area contributed by atoms with Crippen LogP contribution >= 0.6 is 0 Å². The summed E-state index contributed by atoms with van der Waals surface area (Å²) in [5.74, 6) is 0. The van der Waals surface area contributed by atoms with Gasteiger partial charge in [-0.05, 0) is 77.8 Å². The normalized spacial score (nSPS) is 22.1.